The Bertz CT molecular complexity index is 454. The van der Waals surface area contributed by atoms with Crippen molar-refractivity contribution in [2.24, 2.45) is 0 Å². The fourth-order valence-electron chi connectivity index (χ4n) is 1.32. The zero-order valence-corrected chi connectivity index (χ0v) is 9.28. The van der Waals surface area contributed by atoms with Gasteiger partial charge in [-0.3, -0.25) is 9.59 Å². The minimum absolute atomic E-state index is 0.110. The van der Waals surface area contributed by atoms with E-state index in [1.54, 1.807) is 0 Å². The fourth-order valence-corrected chi connectivity index (χ4v) is 1.32. The number of benzene rings is 1. The molecule has 0 aromatic heterocycles. The van der Waals surface area contributed by atoms with Crippen LogP contribution in [0.25, 0.3) is 0 Å². The van der Waals surface area contributed by atoms with Crippen molar-refractivity contribution in [2.45, 2.75) is 12.8 Å². The number of hydrogen-bond donors (Lipinski definition) is 0. The van der Waals surface area contributed by atoms with Gasteiger partial charge in [0.05, 0.1) is 19.1 Å². The van der Waals surface area contributed by atoms with Crippen LogP contribution in [-0.4, -0.2) is 25.7 Å². The number of alkyl halides is 3. The molecule has 0 amide bonds. The Kier molecular flexibility index (Phi) is 4.30. The predicted octanol–water partition coefficient (Wildman–Crippen LogP) is 2.11. The molecule has 0 saturated heterocycles. The summed E-state index contributed by atoms with van der Waals surface area (Å²) < 4.78 is 44.3. The molecular weight excluding hydrogens is 253 g/mol. The van der Waals surface area contributed by atoms with Crippen molar-refractivity contribution in [1.82, 2.24) is 0 Å². The van der Waals surface area contributed by atoms with Crippen LogP contribution in [0.4, 0.5) is 13.2 Å². The number of halogens is 3. The van der Waals surface area contributed by atoms with E-state index in [1.165, 1.54) is 12.1 Å². The summed E-state index contributed by atoms with van der Waals surface area (Å²) in [7, 11) is 1.14. The van der Waals surface area contributed by atoms with Crippen LogP contribution in [0.3, 0.4) is 0 Å². The van der Waals surface area contributed by atoms with Gasteiger partial charge >= 0.3 is 12.3 Å². The molecule has 0 unspecified atom stereocenters. The zero-order valence-electron chi connectivity index (χ0n) is 9.28. The topological polar surface area (TPSA) is 52.6 Å². The summed E-state index contributed by atoms with van der Waals surface area (Å²) in [5.74, 6) is -1.30. The van der Waals surface area contributed by atoms with Crippen molar-refractivity contribution in [3.63, 3.8) is 0 Å². The third kappa shape index (κ3) is 3.76. The van der Waals surface area contributed by atoms with Crippen LogP contribution >= 0.6 is 0 Å². The lowest BCUT2D eigenvalue weighted by Gasteiger charge is -2.12. The van der Waals surface area contributed by atoms with Gasteiger partial charge in [-0.2, -0.15) is 0 Å². The molecule has 18 heavy (non-hydrogen) atoms. The summed E-state index contributed by atoms with van der Waals surface area (Å²) in [6.45, 7) is 0. The third-order valence-corrected chi connectivity index (χ3v) is 2.06. The maximum atomic E-state index is 12.1. The van der Waals surface area contributed by atoms with E-state index in [9.17, 15) is 22.8 Å². The second-order valence-electron chi connectivity index (χ2n) is 3.25. The highest BCUT2D eigenvalue weighted by atomic mass is 19.4. The largest absolute Gasteiger partial charge is 0.573 e. The van der Waals surface area contributed by atoms with E-state index in [4.69, 9.17) is 0 Å². The number of rotatable bonds is 4. The van der Waals surface area contributed by atoms with Crippen LogP contribution in [0.15, 0.2) is 18.2 Å². The SMILES string of the molecule is COC(=O)Cc1cccc(OC(F)(F)F)c1C=O. The summed E-state index contributed by atoms with van der Waals surface area (Å²) >= 11 is 0. The Morgan fingerprint density at radius 1 is 1.39 bits per heavy atom. The van der Waals surface area contributed by atoms with E-state index < -0.39 is 18.1 Å². The quantitative estimate of drug-likeness (QED) is 0.616. The monoisotopic (exact) mass is 262 g/mol. The molecule has 0 N–H and O–H groups in total. The summed E-state index contributed by atoms with van der Waals surface area (Å²) in [5.41, 5.74) is -0.209. The van der Waals surface area contributed by atoms with E-state index in [0.717, 1.165) is 13.2 Å². The normalized spacial score (nSPS) is 10.9. The molecule has 1 aromatic carbocycles. The maximum absolute atomic E-state index is 12.1. The molecule has 7 heteroatoms. The van der Waals surface area contributed by atoms with Gasteiger partial charge in [0, 0.05) is 0 Å². The van der Waals surface area contributed by atoms with E-state index in [0.29, 0.717) is 0 Å². The number of esters is 1. The van der Waals surface area contributed by atoms with Gasteiger partial charge in [0.15, 0.2) is 6.29 Å². The molecule has 0 aliphatic heterocycles. The highest BCUT2D eigenvalue weighted by molar-refractivity contribution is 5.85. The molecule has 0 fully saturated rings. The zero-order chi connectivity index (χ0) is 13.8. The molecule has 0 spiro atoms. The Morgan fingerprint density at radius 2 is 2.06 bits per heavy atom. The highest BCUT2D eigenvalue weighted by Gasteiger charge is 2.32. The van der Waals surface area contributed by atoms with Crippen LogP contribution in [0.5, 0.6) is 5.75 Å². The second kappa shape index (κ2) is 5.52. The molecule has 4 nitrogen and oxygen atoms in total. The summed E-state index contributed by atoms with van der Waals surface area (Å²) in [6, 6.07) is 3.61. The van der Waals surface area contributed by atoms with Gasteiger partial charge in [-0.25, -0.2) is 0 Å². The van der Waals surface area contributed by atoms with Crippen molar-refractivity contribution >= 4 is 12.3 Å². The average Bonchev–Trinajstić information content (AvgIpc) is 2.27. The van der Waals surface area contributed by atoms with E-state index in [2.05, 4.69) is 9.47 Å². The first-order valence-corrected chi connectivity index (χ1v) is 4.77. The summed E-state index contributed by atoms with van der Waals surface area (Å²) in [6.07, 6.45) is -5.00. The number of methoxy groups -OCH3 is 1. The van der Waals surface area contributed by atoms with Gasteiger partial charge in [0.2, 0.25) is 0 Å². The Morgan fingerprint density at radius 3 is 2.56 bits per heavy atom. The van der Waals surface area contributed by atoms with Crippen LogP contribution in [0, 0.1) is 0 Å². The van der Waals surface area contributed by atoms with E-state index in [1.807, 2.05) is 0 Å². The van der Waals surface area contributed by atoms with Crippen molar-refractivity contribution in [1.29, 1.82) is 0 Å². The molecule has 0 bridgehead atoms. The summed E-state index contributed by atoms with van der Waals surface area (Å²) in [5, 5.41) is 0. The second-order valence-corrected chi connectivity index (χ2v) is 3.25. The van der Waals surface area contributed by atoms with Gasteiger partial charge in [0.1, 0.15) is 5.75 Å². The lowest BCUT2D eigenvalue weighted by Crippen LogP contribution is -2.19. The lowest BCUT2D eigenvalue weighted by molar-refractivity contribution is -0.274. The predicted molar refractivity (Wildman–Crippen MR) is 54.2 cm³/mol. The van der Waals surface area contributed by atoms with Gasteiger partial charge < -0.3 is 9.47 Å². The first kappa shape index (κ1) is 14.0. The van der Waals surface area contributed by atoms with E-state index >= 15 is 0 Å². The molecule has 0 saturated carbocycles. The van der Waals surface area contributed by atoms with Gasteiger partial charge in [-0.15, -0.1) is 13.2 Å². The fraction of sp³-hybridized carbons (Fsp3) is 0.273. The van der Waals surface area contributed by atoms with Crippen LogP contribution in [0.2, 0.25) is 0 Å². The Hall–Kier alpha value is -2.05. The molecule has 0 radical (unpaired) electrons. The maximum Gasteiger partial charge on any atom is 0.573 e. The molecule has 98 valence electrons. The number of aldehydes is 1. The van der Waals surface area contributed by atoms with Crippen molar-refractivity contribution in [3.8, 4) is 5.75 Å². The smallest absolute Gasteiger partial charge is 0.469 e. The Balaban J connectivity index is 3.10. The molecule has 1 rings (SSSR count). The highest BCUT2D eigenvalue weighted by Crippen LogP contribution is 2.27. The molecule has 0 aliphatic carbocycles. The van der Waals surface area contributed by atoms with Gasteiger partial charge in [0.25, 0.3) is 0 Å². The van der Waals surface area contributed by atoms with Crippen LogP contribution in [0.1, 0.15) is 15.9 Å². The van der Waals surface area contributed by atoms with Crippen molar-refractivity contribution in [2.75, 3.05) is 7.11 Å². The first-order valence-electron chi connectivity index (χ1n) is 4.77. The minimum atomic E-state index is -4.90. The number of carbonyl (C=O) groups excluding carboxylic acids is 2. The standard InChI is InChI=1S/C11H9F3O4/c1-17-10(16)5-7-3-2-4-9(8(7)6-15)18-11(12,13)14/h2-4,6H,5H2,1H3. The van der Waals surface area contributed by atoms with Crippen molar-refractivity contribution < 1.29 is 32.2 Å². The molecular formula is C11H9F3O4. The molecule has 1 aromatic rings. The third-order valence-electron chi connectivity index (χ3n) is 2.06. The number of ether oxygens (including phenoxy) is 2. The molecule has 0 heterocycles. The number of carbonyl (C=O) groups is 2. The Labute approximate surface area is 100 Å². The average molecular weight is 262 g/mol. The van der Waals surface area contributed by atoms with Crippen molar-refractivity contribution in [3.05, 3.63) is 29.3 Å². The number of hydrogen-bond acceptors (Lipinski definition) is 4. The van der Waals surface area contributed by atoms with Crippen LogP contribution < -0.4 is 4.74 Å². The van der Waals surface area contributed by atoms with Gasteiger partial charge in [-0.05, 0) is 11.6 Å². The first-order chi connectivity index (χ1) is 8.37. The van der Waals surface area contributed by atoms with Gasteiger partial charge in [-0.1, -0.05) is 12.1 Å². The molecule has 0 atom stereocenters. The lowest BCUT2D eigenvalue weighted by atomic mass is 10.0. The minimum Gasteiger partial charge on any atom is -0.469 e. The molecule has 0 aliphatic rings. The summed E-state index contributed by atoms with van der Waals surface area (Å²) in [4.78, 5) is 21.8. The van der Waals surface area contributed by atoms with E-state index in [-0.39, 0.29) is 23.8 Å². The van der Waals surface area contributed by atoms with Crippen LogP contribution in [-0.2, 0) is 16.0 Å².